The maximum atomic E-state index is 12.6. The van der Waals surface area contributed by atoms with E-state index in [4.69, 9.17) is 4.42 Å². The summed E-state index contributed by atoms with van der Waals surface area (Å²) in [5.41, 5.74) is 3.27. The van der Waals surface area contributed by atoms with Crippen LogP contribution in [-0.2, 0) is 4.79 Å². The lowest BCUT2D eigenvalue weighted by atomic mass is 10.00. The molecule has 0 bridgehead atoms. The summed E-state index contributed by atoms with van der Waals surface area (Å²) in [7, 11) is 1.75. The number of fused-ring (bicyclic) bond motifs is 3. The molecule has 0 fully saturated rings. The Morgan fingerprint density at radius 1 is 0.957 bits per heavy atom. The van der Waals surface area contributed by atoms with E-state index in [1.54, 1.807) is 24.1 Å². The molecular weight excluding hydrogens is 290 g/mol. The molecule has 1 aliphatic heterocycles. The number of amides is 1. The first-order chi connectivity index (χ1) is 11.1. The molecule has 0 unspecified atom stereocenters. The Balaban J connectivity index is 2.03. The summed E-state index contributed by atoms with van der Waals surface area (Å²) in [4.78, 5) is 25.7. The standard InChI is InChI=1S/C19H13NO3/c1-20-15-8-9-16-13(7-10-17(21)23-16)18(15)14(19(20)22)11-12-5-3-2-4-6-12/h2-11H,1H3/b14-11-. The largest absolute Gasteiger partial charge is 0.423 e. The van der Waals surface area contributed by atoms with Crippen molar-refractivity contribution in [1.29, 1.82) is 0 Å². The van der Waals surface area contributed by atoms with Crippen molar-refractivity contribution in [2.45, 2.75) is 0 Å². The fourth-order valence-corrected chi connectivity index (χ4v) is 2.95. The predicted octanol–water partition coefficient (Wildman–Crippen LogP) is 3.31. The number of likely N-dealkylation sites (N-methyl/N-ethyl adjacent to an activating group) is 1. The van der Waals surface area contributed by atoms with Gasteiger partial charge < -0.3 is 9.32 Å². The van der Waals surface area contributed by atoms with E-state index < -0.39 is 5.63 Å². The van der Waals surface area contributed by atoms with Crippen molar-refractivity contribution < 1.29 is 9.21 Å². The summed E-state index contributed by atoms with van der Waals surface area (Å²) in [6, 6.07) is 16.3. The molecule has 1 aliphatic rings. The molecule has 112 valence electrons. The summed E-state index contributed by atoms with van der Waals surface area (Å²) in [5.74, 6) is -0.0671. The van der Waals surface area contributed by atoms with Crippen LogP contribution in [0.5, 0.6) is 0 Å². The third-order valence-corrected chi connectivity index (χ3v) is 4.06. The lowest BCUT2D eigenvalue weighted by Crippen LogP contribution is -2.20. The van der Waals surface area contributed by atoms with Crippen LogP contribution in [0.1, 0.15) is 11.1 Å². The predicted molar refractivity (Wildman–Crippen MR) is 90.2 cm³/mol. The van der Waals surface area contributed by atoms with Crippen LogP contribution in [0.25, 0.3) is 22.6 Å². The highest BCUT2D eigenvalue weighted by molar-refractivity contribution is 6.38. The van der Waals surface area contributed by atoms with E-state index in [-0.39, 0.29) is 5.91 Å². The van der Waals surface area contributed by atoms with E-state index in [9.17, 15) is 9.59 Å². The first-order valence-corrected chi connectivity index (χ1v) is 7.27. The number of hydrogen-bond acceptors (Lipinski definition) is 3. The zero-order valence-corrected chi connectivity index (χ0v) is 12.4. The highest BCUT2D eigenvalue weighted by Crippen LogP contribution is 2.41. The molecule has 0 saturated heterocycles. The minimum Gasteiger partial charge on any atom is -0.423 e. The van der Waals surface area contributed by atoms with Gasteiger partial charge in [0.15, 0.2) is 0 Å². The van der Waals surface area contributed by atoms with Crippen LogP contribution in [0.2, 0.25) is 0 Å². The molecule has 0 spiro atoms. The molecule has 2 aromatic carbocycles. The van der Waals surface area contributed by atoms with Gasteiger partial charge in [-0.3, -0.25) is 4.79 Å². The third kappa shape index (κ3) is 2.07. The van der Waals surface area contributed by atoms with Gasteiger partial charge in [0.2, 0.25) is 0 Å². The topological polar surface area (TPSA) is 50.5 Å². The fourth-order valence-electron chi connectivity index (χ4n) is 2.95. The molecule has 1 aromatic heterocycles. The second-order valence-electron chi connectivity index (χ2n) is 5.46. The Bertz CT molecular complexity index is 1020. The van der Waals surface area contributed by atoms with E-state index >= 15 is 0 Å². The lowest BCUT2D eigenvalue weighted by Gasteiger charge is -2.09. The molecule has 0 saturated carbocycles. The summed E-state index contributed by atoms with van der Waals surface area (Å²) in [6.45, 7) is 0. The summed E-state index contributed by atoms with van der Waals surface area (Å²) in [6.07, 6.45) is 1.87. The summed E-state index contributed by atoms with van der Waals surface area (Å²) in [5, 5.41) is 0.766. The molecule has 4 nitrogen and oxygen atoms in total. The van der Waals surface area contributed by atoms with E-state index in [1.807, 2.05) is 42.5 Å². The van der Waals surface area contributed by atoms with Gasteiger partial charge in [-0.05, 0) is 29.8 Å². The third-order valence-electron chi connectivity index (χ3n) is 4.06. The van der Waals surface area contributed by atoms with Crippen molar-refractivity contribution in [3.05, 3.63) is 76.1 Å². The smallest absolute Gasteiger partial charge is 0.336 e. The number of carbonyl (C=O) groups excluding carboxylic acids is 1. The average Bonchev–Trinajstić information content (AvgIpc) is 2.81. The van der Waals surface area contributed by atoms with Gasteiger partial charge in [0.25, 0.3) is 5.91 Å². The Morgan fingerprint density at radius 3 is 2.52 bits per heavy atom. The Morgan fingerprint density at radius 2 is 1.74 bits per heavy atom. The minimum atomic E-state index is -0.399. The molecule has 0 atom stereocenters. The lowest BCUT2D eigenvalue weighted by molar-refractivity contribution is -0.112. The summed E-state index contributed by atoms with van der Waals surface area (Å²) < 4.78 is 5.24. The Labute approximate surface area is 132 Å². The molecule has 23 heavy (non-hydrogen) atoms. The molecule has 1 amide bonds. The van der Waals surface area contributed by atoms with Crippen LogP contribution in [0.15, 0.2) is 63.8 Å². The molecular formula is C19H13NO3. The van der Waals surface area contributed by atoms with E-state index in [0.29, 0.717) is 11.2 Å². The fraction of sp³-hybridized carbons (Fsp3) is 0.0526. The molecule has 0 radical (unpaired) electrons. The number of hydrogen-bond donors (Lipinski definition) is 0. The van der Waals surface area contributed by atoms with Gasteiger partial charge in [0.1, 0.15) is 5.58 Å². The van der Waals surface area contributed by atoms with Gasteiger partial charge >= 0.3 is 5.63 Å². The quantitative estimate of drug-likeness (QED) is 0.512. The van der Waals surface area contributed by atoms with Gasteiger partial charge in [-0.2, -0.15) is 0 Å². The zero-order valence-electron chi connectivity index (χ0n) is 12.4. The van der Waals surface area contributed by atoms with Crippen LogP contribution in [-0.4, -0.2) is 13.0 Å². The molecule has 0 N–H and O–H groups in total. The average molecular weight is 303 g/mol. The second kappa shape index (κ2) is 4.95. The number of anilines is 1. The van der Waals surface area contributed by atoms with Gasteiger partial charge in [-0.15, -0.1) is 0 Å². The highest BCUT2D eigenvalue weighted by Gasteiger charge is 2.31. The van der Waals surface area contributed by atoms with Gasteiger partial charge in [0, 0.05) is 24.1 Å². The van der Waals surface area contributed by atoms with Crippen LogP contribution in [0.3, 0.4) is 0 Å². The highest BCUT2D eigenvalue weighted by atomic mass is 16.4. The van der Waals surface area contributed by atoms with Crippen molar-refractivity contribution in [3.63, 3.8) is 0 Å². The molecule has 4 rings (SSSR count). The minimum absolute atomic E-state index is 0.0671. The van der Waals surface area contributed by atoms with Crippen molar-refractivity contribution in [1.82, 2.24) is 0 Å². The van der Waals surface area contributed by atoms with Crippen molar-refractivity contribution >= 4 is 34.2 Å². The van der Waals surface area contributed by atoms with E-state index in [1.165, 1.54) is 6.07 Å². The maximum absolute atomic E-state index is 12.6. The first-order valence-electron chi connectivity index (χ1n) is 7.27. The number of benzene rings is 2. The number of nitrogens with zero attached hydrogens (tertiary/aromatic N) is 1. The number of carbonyl (C=O) groups is 1. The Hall–Kier alpha value is -3.14. The van der Waals surface area contributed by atoms with E-state index in [0.717, 1.165) is 22.2 Å². The molecule has 0 aliphatic carbocycles. The molecule has 4 heteroatoms. The van der Waals surface area contributed by atoms with Crippen LogP contribution in [0, 0.1) is 0 Å². The molecule has 3 aromatic rings. The van der Waals surface area contributed by atoms with Gasteiger partial charge in [-0.25, -0.2) is 4.79 Å². The first kappa shape index (κ1) is 13.5. The zero-order chi connectivity index (χ0) is 16.0. The van der Waals surface area contributed by atoms with Gasteiger partial charge in [-0.1, -0.05) is 30.3 Å². The SMILES string of the molecule is CN1C(=O)/C(=C\c2ccccc2)c2c1ccc1oc(=O)ccc21. The van der Waals surface area contributed by atoms with Crippen LogP contribution < -0.4 is 10.5 Å². The van der Waals surface area contributed by atoms with Crippen LogP contribution in [0.4, 0.5) is 5.69 Å². The summed E-state index contributed by atoms with van der Waals surface area (Å²) >= 11 is 0. The monoisotopic (exact) mass is 303 g/mol. The van der Waals surface area contributed by atoms with E-state index in [2.05, 4.69) is 0 Å². The number of rotatable bonds is 1. The van der Waals surface area contributed by atoms with Crippen LogP contribution >= 0.6 is 0 Å². The van der Waals surface area contributed by atoms with Crippen molar-refractivity contribution in [2.75, 3.05) is 11.9 Å². The normalized spacial score (nSPS) is 15.4. The van der Waals surface area contributed by atoms with Gasteiger partial charge in [0.05, 0.1) is 11.3 Å². The maximum Gasteiger partial charge on any atom is 0.336 e. The van der Waals surface area contributed by atoms with Crippen molar-refractivity contribution in [3.8, 4) is 0 Å². The Kier molecular flexibility index (Phi) is 2.91. The van der Waals surface area contributed by atoms with Crippen molar-refractivity contribution in [2.24, 2.45) is 0 Å². The molecule has 2 heterocycles. The second-order valence-corrected chi connectivity index (χ2v) is 5.46.